The highest BCUT2D eigenvalue weighted by Crippen LogP contribution is 2.31. The summed E-state index contributed by atoms with van der Waals surface area (Å²) in [5.74, 6) is 0.495. The molecule has 0 aliphatic carbocycles. The molecular formula is C30H20Cl2N2O3. The molecule has 2 N–H and O–H groups in total. The van der Waals surface area contributed by atoms with Gasteiger partial charge in [-0.3, -0.25) is 9.59 Å². The van der Waals surface area contributed by atoms with Crippen LogP contribution < -0.4 is 10.6 Å². The van der Waals surface area contributed by atoms with E-state index in [0.717, 1.165) is 16.5 Å². The first-order valence-corrected chi connectivity index (χ1v) is 12.2. The van der Waals surface area contributed by atoms with Gasteiger partial charge in [-0.2, -0.15) is 0 Å². The molecule has 1 aromatic heterocycles. The third-order valence-corrected chi connectivity index (χ3v) is 6.22. The minimum absolute atomic E-state index is 0.233. The maximum atomic E-state index is 12.8. The van der Waals surface area contributed by atoms with Gasteiger partial charge in [0, 0.05) is 39.0 Å². The van der Waals surface area contributed by atoms with Crippen LogP contribution in [0.15, 0.2) is 108 Å². The predicted octanol–water partition coefficient (Wildman–Crippen LogP) is 8.31. The van der Waals surface area contributed by atoms with Gasteiger partial charge < -0.3 is 15.1 Å². The predicted molar refractivity (Wildman–Crippen MR) is 150 cm³/mol. The molecule has 0 saturated carbocycles. The fourth-order valence-electron chi connectivity index (χ4n) is 3.85. The molecule has 0 atom stereocenters. The first-order chi connectivity index (χ1) is 18.0. The van der Waals surface area contributed by atoms with Crippen LogP contribution in [0.5, 0.6) is 0 Å². The van der Waals surface area contributed by atoms with E-state index in [1.54, 1.807) is 60.7 Å². The van der Waals surface area contributed by atoms with E-state index in [0.29, 0.717) is 38.4 Å². The normalized spacial score (nSPS) is 11.1. The molecule has 7 heteroatoms. The molecule has 5 nitrogen and oxygen atoms in total. The fraction of sp³-hybridized carbons (Fsp3) is 0. The molecule has 0 bridgehead atoms. The van der Waals surface area contributed by atoms with Crippen molar-refractivity contribution in [2.75, 3.05) is 10.6 Å². The summed E-state index contributed by atoms with van der Waals surface area (Å²) in [6.07, 6.45) is 2.93. The van der Waals surface area contributed by atoms with Crippen LogP contribution in [0.25, 0.3) is 28.2 Å². The van der Waals surface area contributed by atoms with Crippen molar-refractivity contribution in [2.24, 2.45) is 0 Å². The second-order valence-electron chi connectivity index (χ2n) is 8.21. The molecule has 0 spiro atoms. The van der Waals surface area contributed by atoms with Crippen LogP contribution in [0.1, 0.15) is 16.1 Å². The van der Waals surface area contributed by atoms with Gasteiger partial charge in [0.1, 0.15) is 11.5 Å². The van der Waals surface area contributed by atoms with Gasteiger partial charge in [-0.15, -0.1) is 0 Å². The zero-order chi connectivity index (χ0) is 25.8. The molecule has 4 aromatic carbocycles. The molecule has 2 amide bonds. The van der Waals surface area contributed by atoms with Gasteiger partial charge in [-0.05, 0) is 72.1 Å². The van der Waals surface area contributed by atoms with Crippen LogP contribution in [0.2, 0.25) is 10.0 Å². The molecule has 182 valence electrons. The lowest BCUT2D eigenvalue weighted by molar-refractivity contribution is -0.111. The molecule has 37 heavy (non-hydrogen) atoms. The second-order valence-corrected chi connectivity index (χ2v) is 9.05. The highest BCUT2D eigenvalue weighted by molar-refractivity contribution is 6.36. The third kappa shape index (κ3) is 5.75. The molecule has 1 heterocycles. The highest BCUT2D eigenvalue weighted by atomic mass is 35.5. The Balaban J connectivity index is 1.20. The van der Waals surface area contributed by atoms with Crippen molar-refractivity contribution in [2.45, 2.75) is 0 Å². The van der Waals surface area contributed by atoms with E-state index in [1.165, 1.54) is 6.08 Å². The van der Waals surface area contributed by atoms with Gasteiger partial charge in [-0.1, -0.05) is 59.6 Å². The maximum Gasteiger partial charge on any atom is 0.255 e. The van der Waals surface area contributed by atoms with E-state index < -0.39 is 0 Å². The number of furan rings is 1. The first kappa shape index (κ1) is 24.4. The summed E-state index contributed by atoms with van der Waals surface area (Å²) >= 11 is 12.2. The van der Waals surface area contributed by atoms with E-state index in [4.69, 9.17) is 27.6 Å². The Morgan fingerprint density at radius 3 is 2.38 bits per heavy atom. The SMILES string of the molecule is O=C(/C=C/c1ccc(-c2ccc(Cl)cc2Cl)o1)Nc1ccc(C(=O)Nc2cccc3ccccc23)cc1. The van der Waals surface area contributed by atoms with Crippen LogP contribution >= 0.6 is 23.2 Å². The quantitative estimate of drug-likeness (QED) is 0.218. The van der Waals surface area contributed by atoms with Crippen molar-refractivity contribution in [1.29, 1.82) is 0 Å². The van der Waals surface area contributed by atoms with Gasteiger partial charge in [0.2, 0.25) is 5.91 Å². The lowest BCUT2D eigenvalue weighted by Gasteiger charge is -2.09. The van der Waals surface area contributed by atoms with E-state index in [2.05, 4.69) is 10.6 Å². The summed E-state index contributed by atoms with van der Waals surface area (Å²) in [6, 6.07) is 29.0. The number of hydrogen-bond acceptors (Lipinski definition) is 3. The summed E-state index contributed by atoms with van der Waals surface area (Å²) < 4.78 is 5.77. The van der Waals surface area contributed by atoms with Crippen molar-refractivity contribution < 1.29 is 14.0 Å². The number of fused-ring (bicyclic) bond motifs is 1. The average Bonchev–Trinajstić information content (AvgIpc) is 3.37. The van der Waals surface area contributed by atoms with Crippen molar-refractivity contribution in [3.8, 4) is 11.3 Å². The summed E-state index contributed by atoms with van der Waals surface area (Å²) in [7, 11) is 0. The number of carbonyl (C=O) groups is 2. The number of nitrogens with one attached hydrogen (secondary N) is 2. The van der Waals surface area contributed by atoms with Crippen LogP contribution in [0.4, 0.5) is 11.4 Å². The Morgan fingerprint density at radius 1 is 0.784 bits per heavy atom. The minimum atomic E-state index is -0.338. The number of rotatable bonds is 6. The molecule has 0 aliphatic heterocycles. The molecule has 5 aromatic rings. The van der Waals surface area contributed by atoms with Gasteiger partial charge in [-0.25, -0.2) is 0 Å². The number of carbonyl (C=O) groups excluding carboxylic acids is 2. The second kappa shape index (κ2) is 10.7. The molecule has 0 saturated heterocycles. The summed E-state index contributed by atoms with van der Waals surface area (Å²) in [5.41, 5.74) is 2.49. The first-order valence-electron chi connectivity index (χ1n) is 11.4. The monoisotopic (exact) mass is 526 g/mol. The molecular weight excluding hydrogens is 507 g/mol. The van der Waals surface area contributed by atoms with E-state index in [1.807, 2.05) is 42.5 Å². The Labute approximate surface area is 223 Å². The lowest BCUT2D eigenvalue weighted by Crippen LogP contribution is -2.12. The summed E-state index contributed by atoms with van der Waals surface area (Å²) in [6.45, 7) is 0. The number of hydrogen-bond donors (Lipinski definition) is 2. The average molecular weight is 527 g/mol. The van der Waals surface area contributed by atoms with E-state index >= 15 is 0 Å². The van der Waals surface area contributed by atoms with Crippen molar-refractivity contribution in [3.63, 3.8) is 0 Å². The summed E-state index contributed by atoms with van der Waals surface area (Å²) in [4.78, 5) is 25.1. The Hall–Kier alpha value is -4.32. The molecule has 0 unspecified atom stereocenters. The van der Waals surface area contributed by atoms with E-state index in [-0.39, 0.29) is 11.8 Å². The van der Waals surface area contributed by atoms with Crippen LogP contribution in [0, 0.1) is 0 Å². The Bertz CT molecular complexity index is 1630. The summed E-state index contributed by atoms with van der Waals surface area (Å²) in [5, 5.41) is 8.76. The van der Waals surface area contributed by atoms with Gasteiger partial charge in [0.25, 0.3) is 5.91 Å². The van der Waals surface area contributed by atoms with Gasteiger partial charge in [0.05, 0.1) is 5.02 Å². The molecule has 0 fully saturated rings. The lowest BCUT2D eigenvalue weighted by atomic mass is 10.1. The van der Waals surface area contributed by atoms with Crippen molar-refractivity contribution in [3.05, 3.63) is 125 Å². The van der Waals surface area contributed by atoms with Gasteiger partial charge >= 0.3 is 0 Å². The molecule has 0 radical (unpaired) electrons. The Morgan fingerprint density at radius 2 is 1.57 bits per heavy atom. The molecule has 0 aliphatic rings. The fourth-order valence-corrected chi connectivity index (χ4v) is 4.35. The van der Waals surface area contributed by atoms with Crippen molar-refractivity contribution >= 4 is 63.2 Å². The zero-order valence-electron chi connectivity index (χ0n) is 19.4. The highest BCUT2D eigenvalue weighted by Gasteiger charge is 2.10. The number of halogens is 2. The zero-order valence-corrected chi connectivity index (χ0v) is 20.9. The third-order valence-electron chi connectivity index (χ3n) is 5.67. The van der Waals surface area contributed by atoms with E-state index in [9.17, 15) is 9.59 Å². The van der Waals surface area contributed by atoms with Crippen LogP contribution in [-0.4, -0.2) is 11.8 Å². The van der Waals surface area contributed by atoms with Crippen LogP contribution in [-0.2, 0) is 4.79 Å². The number of benzene rings is 4. The van der Waals surface area contributed by atoms with Gasteiger partial charge in [0.15, 0.2) is 0 Å². The number of amides is 2. The topological polar surface area (TPSA) is 71.3 Å². The smallest absolute Gasteiger partial charge is 0.255 e. The van der Waals surface area contributed by atoms with Crippen LogP contribution in [0.3, 0.4) is 0 Å². The van der Waals surface area contributed by atoms with Crippen molar-refractivity contribution in [1.82, 2.24) is 0 Å². The number of anilines is 2. The maximum absolute atomic E-state index is 12.8. The largest absolute Gasteiger partial charge is 0.457 e. The molecule has 5 rings (SSSR count). The minimum Gasteiger partial charge on any atom is -0.457 e. The standard InChI is InChI=1S/C30H20Cl2N2O3/c31-21-10-15-25(26(32)18-21)28-16-13-23(37-28)14-17-29(35)33-22-11-8-20(9-12-22)30(36)34-27-7-3-5-19-4-1-2-6-24(19)27/h1-18H,(H,33,35)(H,34,36)/b17-14+. The Kier molecular flexibility index (Phi) is 7.08.